The summed E-state index contributed by atoms with van der Waals surface area (Å²) in [5.41, 5.74) is 6.44. The molecular formula is C17H23NO4. The molecule has 0 aliphatic rings. The molecule has 0 aliphatic heterocycles. The predicted octanol–water partition coefficient (Wildman–Crippen LogP) is 0.644. The van der Waals surface area contributed by atoms with E-state index in [1.807, 2.05) is 30.3 Å². The summed E-state index contributed by atoms with van der Waals surface area (Å²) in [7, 11) is 0. The Hall–Kier alpha value is -1.92. The van der Waals surface area contributed by atoms with Crippen LogP contribution in [-0.4, -0.2) is 45.8 Å². The number of phenolic OH excluding ortho intramolecular Hbond substituents is 1. The summed E-state index contributed by atoms with van der Waals surface area (Å²) in [5.74, 6) is 0.321. The van der Waals surface area contributed by atoms with Gasteiger partial charge in [-0.3, -0.25) is 0 Å². The van der Waals surface area contributed by atoms with Gasteiger partial charge in [-0.2, -0.15) is 0 Å². The number of aliphatic hydroxyl groups excluding tert-OH is 3. The van der Waals surface area contributed by atoms with Gasteiger partial charge in [0.2, 0.25) is 0 Å². The molecule has 0 fully saturated rings. The number of phenols is 1. The number of rotatable bonds is 5. The SMILES string of the molecule is NC(CO)(CO)CO.Oc1ccc(Cc2ccccc2)cc1. The highest BCUT2D eigenvalue weighted by molar-refractivity contribution is 5.30. The van der Waals surface area contributed by atoms with Crippen LogP contribution in [-0.2, 0) is 6.42 Å². The Morgan fingerprint density at radius 3 is 1.59 bits per heavy atom. The van der Waals surface area contributed by atoms with Gasteiger partial charge in [-0.25, -0.2) is 0 Å². The molecule has 2 rings (SSSR count). The molecule has 2 aromatic rings. The van der Waals surface area contributed by atoms with Gasteiger partial charge in [-0.15, -0.1) is 0 Å². The van der Waals surface area contributed by atoms with Gasteiger partial charge in [0.15, 0.2) is 0 Å². The van der Waals surface area contributed by atoms with Crippen LogP contribution in [0.25, 0.3) is 0 Å². The lowest BCUT2D eigenvalue weighted by molar-refractivity contribution is 0.0698. The molecule has 0 radical (unpaired) electrons. The Labute approximate surface area is 130 Å². The fourth-order valence-corrected chi connectivity index (χ4v) is 1.60. The standard InChI is InChI=1S/C13H12O.C4H11NO3/c14-13-8-6-12(7-9-13)10-11-4-2-1-3-5-11;5-4(1-6,2-7)3-8/h1-9,14H,10H2;6-8H,1-3,5H2. The summed E-state index contributed by atoms with van der Waals surface area (Å²) in [6, 6.07) is 17.6. The summed E-state index contributed by atoms with van der Waals surface area (Å²) in [6.45, 7) is -1.21. The van der Waals surface area contributed by atoms with Gasteiger partial charge in [-0.05, 0) is 29.7 Å². The Bertz CT molecular complexity index is 516. The van der Waals surface area contributed by atoms with E-state index < -0.39 is 25.4 Å². The number of benzene rings is 2. The fraction of sp³-hybridized carbons (Fsp3) is 0.294. The first-order valence-corrected chi connectivity index (χ1v) is 6.96. The quantitative estimate of drug-likeness (QED) is 0.557. The van der Waals surface area contributed by atoms with Gasteiger partial charge < -0.3 is 26.2 Å². The largest absolute Gasteiger partial charge is 0.508 e. The number of aliphatic hydroxyl groups is 3. The van der Waals surface area contributed by atoms with Crippen LogP contribution in [0, 0.1) is 0 Å². The van der Waals surface area contributed by atoms with Gasteiger partial charge in [-0.1, -0.05) is 42.5 Å². The van der Waals surface area contributed by atoms with E-state index in [9.17, 15) is 0 Å². The first-order valence-electron chi connectivity index (χ1n) is 6.96. The van der Waals surface area contributed by atoms with Crippen LogP contribution in [0.3, 0.4) is 0 Å². The van der Waals surface area contributed by atoms with Gasteiger partial charge >= 0.3 is 0 Å². The molecular weight excluding hydrogens is 282 g/mol. The van der Waals surface area contributed by atoms with E-state index in [0.29, 0.717) is 5.75 Å². The average Bonchev–Trinajstić information content (AvgIpc) is 2.58. The van der Waals surface area contributed by atoms with Crippen molar-refractivity contribution in [3.63, 3.8) is 0 Å². The third kappa shape index (κ3) is 6.24. The zero-order valence-corrected chi connectivity index (χ0v) is 12.4. The molecule has 0 unspecified atom stereocenters. The molecule has 22 heavy (non-hydrogen) atoms. The highest BCUT2D eigenvalue weighted by atomic mass is 16.3. The molecule has 0 saturated heterocycles. The Morgan fingerprint density at radius 2 is 1.18 bits per heavy atom. The van der Waals surface area contributed by atoms with Crippen molar-refractivity contribution in [1.29, 1.82) is 0 Å². The van der Waals surface area contributed by atoms with Crippen molar-refractivity contribution in [2.24, 2.45) is 5.73 Å². The summed E-state index contributed by atoms with van der Waals surface area (Å²) < 4.78 is 0. The topological polar surface area (TPSA) is 107 Å². The van der Waals surface area contributed by atoms with Crippen LogP contribution >= 0.6 is 0 Å². The molecule has 0 aliphatic carbocycles. The minimum Gasteiger partial charge on any atom is -0.508 e. The maximum atomic E-state index is 9.12. The van der Waals surface area contributed by atoms with Crippen LogP contribution in [0.15, 0.2) is 54.6 Å². The molecule has 120 valence electrons. The maximum Gasteiger partial charge on any atom is 0.115 e. The van der Waals surface area contributed by atoms with Crippen LogP contribution in [0.1, 0.15) is 11.1 Å². The molecule has 5 heteroatoms. The third-order valence-corrected chi connectivity index (χ3v) is 3.13. The number of hydrogen-bond donors (Lipinski definition) is 5. The molecule has 0 saturated carbocycles. The smallest absolute Gasteiger partial charge is 0.115 e. The van der Waals surface area contributed by atoms with Crippen molar-refractivity contribution in [3.8, 4) is 5.75 Å². The van der Waals surface area contributed by atoms with Crippen molar-refractivity contribution in [1.82, 2.24) is 0 Å². The summed E-state index contributed by atoms with van der Waals surface area (Å²) in [6.07, 6.45) is 0.918. The minimum atomic E-state index is -1.21. The van der Waals surface area contributed by atoms with E-state index in [-0.39, 0.29) is 0 Å². The molecule has 0 atom stereocenters. The Morgan fingerprint density at radius 1 is 0.727 bits per heavy atom. The van der Waals surface area contributed by atoms with Crippen LogP contribution in [0.5, 0.6) is 5.75 Å². The molecule has 2 aromatic carbocycles. The van der Waals surface area contributed by atoms with Crippen molar-refractivity contribution in [2.45, 2.75) is 12.0 Å². The molecule has 0 heterocycles. The Kier molecular flexibility index (Phi) is 7.56. The second-order valence-corrected chi connectivity index (χ2v) is 5.17. The molecule has 5 nitrogen and oxygen atoms in total. The molecule has 6 N–H and O–H groups in total. The lowest BCUT2D eigenvalue weighted by Crippen LogP contribution is -2.50. The molecule has 0 aromatic heterocycles. The van der Waals surface area contributed by atoms with Gasteiger partial charge in [0, 0.05) is 0 Å². The van der Waals surface area contributed by atoms with Crippen molar-refractivity contribution in [2.75, 3.05) is 19.8 Å². The van der Waals surface area contributed by atoms with E-state index in [1.54, 1.807) is 12.1 Å². The summed E-state index contributed by atoms with van der Waals surface area (Å²) >= 11 is 0. The second-order valence-electron chi connectivity index (χ2n) is 5.17. The van der Waals surface area contributed by atoms with Crippen molar-refractivity contribution < 1.29 is 20.4 Å². The van der Waals surface area contributed by atoms with E-state index in [1.165, 1.54) is 11.1 Å². The normalized spacial score (nSPS) is 10.7. The maximum absolute atomic E-state index is 9.12. The first-order chi connectivity index (χ1) is 10.5. The van der Waals surface area contributed by atoms with E-state index in [2.05, 4.69) is 12.1 Å². The van der Waals surface area contributed by atoms with Crippen LogP contribution < -0.4 is 5.73 Å². The fourth-order valence-electron chi connectivity index (χ4n) is 1.60. The highest BCUT2D eigenvalue weighted by Gasteiger charge is 2.20. The zero-order valence-electron chi connectivity index (χ0n) is 12.4. The van der Waals surface area contributed by atoms with Gasteiger partial charge in [0.05, 0.1) is 25.4 Å². The third-order valence-electron chi connectivity index (χ3n) is 3.13. The predicted molar refractivity (Wildman–Crippen MR) is 85.5 cm³/mol. The van der Waals surface area contributed by atoms with Gasteiger partial charge in [0.25, 0.3) is 0 Å². The first kappa shape index (κ1) is 18.1. The van der Waals surface area contributed by atoms with E-state index >= 15 is 0 Å². The summed E-state index contributed by atoms with van der Waals surface area (Å²) in [4.78, 5) is 0. The van der Waals surface area contributed by atoms with Crippen molar-refractivity contribution >= 4 is 0 Å². The molecule has 0 bridgehead atoms. The Balaban J connectivity index is 0.000000261. The lowest BCUT2D eigenvalue weighted by atomic mass is 10.1. The zero-order chi connectivity index (χ0) is 16.4. The van der Waals surface area contributed by atoms with E-state index in [4.69, 9.17) is 26.2 Å². The second kappa shape index (κ2) is 9.17. The average molecular weight is 305 g/mol. The monoisotopic (exact) mass is 305 g/mol. The van der Waals surface area contributed by atoms with Crippen LogP contribution in [0.4, 0.5) is 0 Å². The van der Waals surface area contributed by atoms with Crippen molar-refractivity contribution in [3.05, 3.63) is 65.7 Å². The highest BCUT2D eigenvalue weighted by Crippen LogP contribution is 2.13. The molecule has 0 amide bonds. The molecule has 0 spiro atoms. The number of nitrogens with two attached hydrogens (primary N) is 1. The lowest BCUT2D eigenvalue weighted by Gasteiger charge is -2.20. The minimum absolute atomic E-state index is 0.321. The number of hydrogen-bond acceptors (Lipinski definition) is 5. The van der Waals surface area contributed by atoms with Crippen LogP contribution in [0.2, 0.25) is 0 Å². The summed E-state index contributed by atoms with van der Waals surface area (Å²) in [5, 5.41) is 34.1. The van der Waals surface area contributed by atoms with E-state index in [0.717, 1.165) is 6.42 Å². The number of aromatic hydroxyl groups is 1. The van der Waals surface area contributed by atoms with Gasteiger partial charge in [0.1, 0.15) is 5.75 Å².